The van der Waals surface area contributed by atoms with Crippen LogP contribution in [0.4, 0.5) is 22.0 Å². The van der Waals surface area contributed by atoms with Crippen LogP contribution in [0, 0.1) is 5.82 Å². The molecule has 1 saturated heterocycles. The van der Waals surface area contributed by atoms with Gasteiger partial charge in [0.1, 0.15) is 22.2 Å². The van der Waals surface area contributed by atoms with E-state index >= 15 is 0 Å². The van der Waals surface area contributed by atoms with Gasteiger partial charge in [-0.15, -0.1) is 11.3 Å². The van der Waals surface area contributed by atoms with Crippen molar-refractivity contribution in [3.8, 4) is 0 Å². The maximum atomic E-state index is 14.8. The fourth-order valence-corrected chi connectivity index (χ4v) is 7.58. The fourth-order valence-electron chi connectivity index (χ4n) is 4.26. The van der Waals surface area contributed by atoms with Crippen LogP contribution in [-0.4, -0.2) is 53.9 Å². The molecular weight excluding hydrogens is 589 g/mol. The average Bonchev–Trinajstić information content (AvgIpc) is 3.50. The molecule has 15 heteroatoms. The number of pyridine rings is 1. The number of hydrogen-bond donors (Lipinski definition) is 2. The number of nitrogens with two attached hydrogens (primary N) is 1. The van der Waals surface area contributed by atoms with Crippen LogP contribution in [0.15, 0.2) is 70.7 Å². The maximum absolute atomic E-state index is 14.8. The number of alkyl halides is 4. The van der Waals surface area contributed by atoms with Crippen molar-refractivity contribution in [3.05, 3.63) is 78.5 Å². The summed E-state index contributed by atoms with van der Waals surface area (Å²) in [7, 11) is -4.27. The van der Waals surface area contributed by atoms with E-state index in [4.69, 9.17) is 5.73 Å². The summed E-state index contributed by atoms with van der Waals surface area (Å²) in [4.78, 5) is 20.1. The maximum Gasteiger partial charge on any atom is 0.448 e. The number of carbonyl (C=O) groups excluding carboxylic acids is 1. The van der Waals surface area contributed by atoms with Crippen molar-refractivity contribution in [1.29, 1.82) is 0 Å². The van der Waals surface area contributed by atoms with E-state index in [0.29, 0.717) is 10.1 Å². The lowest BCUT2D eigenvalue weighted by molar-refractivity contribution is -0.124. The summed E-state index contributed by atoms with van der Waals surface area (Å²) >= 11 is 1.00. The first-order chi connectivity index (χ1) is 19.2. The fraction of sp³-hybridized carbons (Fsp3) is 0.269. The first-order valence-corrected chi connectivity index (χ1v) is 14.3. The number of hydrogen-bond acceptors (Lipinski definition) is 6. The predicted octanol–water partition coefficient (Wildman–Crippen LogP) is 4.69. The zero-order valence-electron chi connectivity index (χ0n) is 21.4. The molecule has 218 valence electrons. The standard InChI is InChI=1S/C26H24F5N5O3S2/c1-3-15(11-35-25(32)26(29,30)31)20-8-17(19(28)13-33-20)12-34-24(37)21-10-18(27)14(2)36(21)41(38,39)23-9-16-6-4-5-7-22(16)40-23/h3-9,11,13-14,18,21H,1,10,12H2,2H3,(H2,32,35)(H,34,37)/b15-11+/t14-,18+,21-/m0/s1. The Kier molecular flexibility index (Phi) is 8.61. The van der Waals surface area contributed by atoms with Crippen molar-refractivity contribution in [3.63, 3.8) is 0 Å². The van der Waals surface area contributed by atoms with Gasteiger partial charge in [0, 0.05) is 35.0 Å². The predicted molar refractivity (Wildman–Crippen MR) is 146 cm³/mol. The number of aromatic nitrogens is 1. The molecule has 2 aromatic heterocycles. The first kappa shape index (κ1) is 30.3. The molecule has 41 heavy (non-hydrogen) atoms. The molecule has 0 saturated carbocycles. The van der Waals surface area contributed by atoms with E-state index in [1.807, 2.05) is 0 Å². The van der Waals surface area contributed by atoms with Gasteiger partial charge in [0.15, 0.2) is 0 Å². The van der Waals surface area contributed by atoms with Gasteiger partial charge in [0.25, 0.3) is 10.0 Å². The van der Waals surface area contributed by atoms with Crippen LogP contribution in [0.25, 0.3) is 15.7 Å². The second-order valence-corrected chi connectivity index (χ2v) is 12.3. The third kappa shape index (κ3) is 6.31. The van der Waals surface area contributed by atoms with Crippen LogP contribution < -0.4 is 11.1 Å². The van der Waals surface area contributed by atoms with Gasteiger partial charge in [-0.1, -0.05) is 30.9 Å². The van der Waals surface area contributed by atoms with Crippen LogP contribution in [0.1, 0.15) is 24.6 Å². The largest absolute Gasteiger partial charge is 0.448 e. The first-order valence-electron chi connectivity index (χ1n) is 12.1. The number of rotatable bonds is 8. The van der Waals surface area contributed by atoms with E-state index in [2.05, 4.69) is 21.9 Å². The molecule has 0 aliphatic carbocycles. The van der Waals surface area contributed by atoms with E-state index < -0.39 is 65.0 Å². The number of nitrogens with zero attached hydrogens (tertiary/aromatic N) is 3. The highest BCUT2D eigenvalue weighted by atomic mass is 32.2. The summed E-state index contributed by atoms with van der Waals surface area (Å²) in [5.41, 5.74) is 4.73. The number of sulfonamides is 1. The third-order valence-electron chi connectivity index (χ3n) is 6.45. The van der Waals surface area contributed by atoms with Crippen LogP contribution >= 0.6 is 11.3 Å². The number of benzene rings is 1. The normalized spacial score (nSPS) is 20.9. The second kappa shape index (κ2) is 11.7. The highest BCUT2D eigenvalue weighted by Crippen LogP contribution is 2.37. The molecule has 0 bridgehead atoms. The molecule has 8 nitrogen and oxygen atoms in total. The number of allylic oxidation sites excluding steroid dienone is 2. The highest BCUT2D eigenvalue weighted by Gasteiger charge is 2.49. The van der Waals surface area contributed by atoms with Crippen LogP contribution in [-0.2, 0) is 21.4 Å². The Hall–Kier alpha value is -3.69. The summed E-state index contributed by atoms with van der Waals surface area (Å²) in [6.07, 6.45) is -4.20. The van der Waals surface area contributed by atoms with Crippen molar-refractivity contribution in [2.45, 2.75) is 48.5 Å². The minimum Gasteiger partial charge on any atom is -0.380 e. The van der Waals surface area contributed by atoms with Gasteiger partial charge in [-0.3, -0.25) is 9.78 Å². The Bertz CT molecular complexity index is 1620. The molecule has 3 atom stereocenters. The van der Waals surface area contributed by atoms with Gasteiger partial charge >= 0.3 is 6.18 Å². The van der Waals surface area contributed by atoms with E-state index in [1.54, 1.807) is 24.3 Å². The van der Waals surface area contributed by atoms with Crippen LogP contribution in [0.3, 0.4) is 0 Å². The number of amides is 1. The molecule has 1 fully saturated rings. The second-order valence-electron chi connectivity index (χ2n) is 9.13. The van der Waals surface area contributed by atoms with Gasteiger partial charge in [0.05, 0.1) is 17.9 Å². The molecule has 0 radical (unpaired) electrons. The molecule has 3 aromatic rings. The minimum atomic E-state index is -4.86. The van der Waals surface area contributed by atoms with Gasteiger partial charge in [-0.2, -0.15) is 17.5 Å². The van der Waals surface area contributed by atoms with Crippen molar-refractivity contribution >= 4 is 48.8 Å². The molecule has 4 rings (SSSR count). The van der Waals surface area contributed by atoms with Gasteiger partial charge in [-0.25, -0.2) is 22.2 Å². The van der Waals surface area contributed by atoms with E-state index in [0.717, 1.165) is 40.2 Å². The lowest BCUT2D eigenvalue weighted by Gasteiger charge is -2.26. The number of aliphatic imine (C=N–C) groups is 1. The Morgan fingerprint density at radius 2 is 2.02 bits per heavy atom. The SMILES string of the molecule is C=C/C(=C\N=C(N)C(F)(F)F)c1cc(CNC(=O)[C@@H]2C[C@@H](F)[C@H](C)N2S(=O)(=O)c2cc3ccccc3s2)c(F)cn1. The summed E-state index contributed by atoms with van der Waals surface area (Å²) in [6.45, 7) is 4.40. The lowest BCUT2D eigenvalue weighted by atomic mass is 10.1. The number of fused-ring (bicyclic) bond motifs is 1. The third-order valence-corrected chi connectivity index (χ3v) is 10.0. The smallest absolute Gasteiger partial charge is 0.380 e. The average molecular weight is 614 g/mol. The van der Waals surface area contributed by atoms with Gasteiger partial charge in [0.2, 0.25) is 11.7 Å². The highest BCUT2D eigenvalue weighted by molar-refractivity contribution is 7.91. The molecule has 1 aliphatic rings. The number of amidine groups is 1. The van der Waals surface area contributed by atoms with Crippen LogP contribution in [0.2, 0.25) is 0 Å². The number of thiophene rings is 1. The van der Waals surface area contributed by atoms with E-state index in [-0.39, 0.29) is 21.0 Å². The van der Waals surface area contributed by atoms with Crippen molar-refractivity contribution in [2.75, 3.05) is 0 Å². The van der Waals surface area contributed by atoms with E-state index in [9.17, 15) is 35.2 Å². The molecule has 1 amide bonds. The Balaban J connectivity index is 1.56. The summed E-state index contributed by atoms with van der Waals surface area (Å²) in [5, 5.41) is 3.12. The van der Waals surface area contributed by atoms with Gasteiger partial charge in [-0.05, 0) is 30.5 Å². The molecule has 3 N–H and O–H groups in total. The van der Waals surface area contributed by atoms with E-state index in [1.165, 1.54) is 13.0 Å². The summed E-state index contributed by atoms with van der Waals surface area (Å²) in [5.74, 6) is -3.31. The van der Waals surface area contributed by atoms with Crippen LogP contribution in [0.5, 0.6) is 0 Å². The molecule has 1 aliphatic heterocycles. The zero-order chi connectivity index (χ0) is 30.1. The monoisotopic (exact) mass is 613 g/mol. The summed E-state index contributed by atoms with van der Waals surface area (Å²) < 4.78 is 95.8. The van der Waals surface area contributed by atoms with Crippen molar-refractivity contribution < 1.29 is 35.2 Å². The number of nitrogens with one attached hydrogen (secondary N) is 1. The summed E-state index contributed by atoms with van der Waals surface area (Å²) in [6, 6.07) is 7.08. The molecular formula is C26H24F5N5O3S2. The Morgan fingerprint density at radius 1 is 1.32 bits per heavy atom. The molecule has 1 aromatic carbocycles. The number of halogens is 5. The molecule has 3 heterocycles. The molecule has 0 spiro atoms. The van der Waals surface area contributed by atoms with Gasteiger partial charge < -0.3 is 11.1 Å². The Morgan fingerprint density at radius 3 is 2.68 bits per heavy atom. The zero-order valence-corrected chi connectivity index (χ0v) is 23.0. The lowest BCUT2D eigenvalue weighted by Crippen LogP contribution is -2.48. The quantitative estimate of drug-likeness (QED) is 0.166. The van der Waals surface area contributed by atoms with Crippen molar-refractivity contribution in [2.24, 2.45) is 10.7 Å². The topological polar surface area (TPSA) is 118 Å². The Labute approximate surface area is 236 Å². The minimum absolute atomic E-state index is 0.0170. The van der Waals surface area contributed by atoms with Crippen molar-refractivity contribution in [1.82, 2.24) is 14.6 Å². The number of carbonyl (C=O) groups is 1. The molecule has 0 unspecified atom stereocenters.